The third kappa shape index (κ3) is 2.92. The first kappa shape index (κ1) is 13.3. The molecule has 21 heavy (non-hydrogen) atoms. The Hall–Kier alpha value is -2.68. The van der Waals surface area contributed by atoms with E-state index < -0.39 is 0 Å². The van der Waals surface area contributed by atoms with Gasteiger partial charge in [0.25, 0.3) is 5.91 Å². The number of aryl methyl sites for hydroxylation is 1. The number of carbonyl (C=O) groups excluding carboxylic acids is 1. The Bertz CT molecular complexity index is 773. The molecule has 3 aromatic rings. The maximum absolute atomic E-state index is 12.3. The van der Waals surface area contributed by atoms with Crippen molar-refractivity contribution in [3.63, 3.8) is 0 Å². The van der Waals surface area contributed by atoms with E-state index in [1.165, 1.54) is 5.56 Å². The van der Waals surface area contributed by atoms with E-state index in [9.17, 15) is 4.79 Å². The molecule has 0 saturated carbocycles. The molecule has 0 bridgehead atoms. The van der Waals surface area contributed by atoms with Crippen molar-refractivity contribution in [2.75, 3.05) is 0 Å². The third-order valence-electron chi connectivity index (χ3n) is 3.45. The van der Waals surface area contributed by atoms with Crippen molar-refractivity contribution < 1.29 is 4.79 Å². The number of rotatable bonds is 3. The summed E-state index contributed by atoms with van der Waals surface area (Å²) in [4.78, 5) is 16.7. The molecular formula is C18H16N2O. The molecule has 2 aromatic carbocycles. The van der Waals surface area contributed by atoms with Crippen LogP contribution in [0, 0.1) is 6.92 Å². The van der Waals surface area contributed by atoms with E-state index >= 15 is 0 Å². The quantitative estimate of drug-likeness (QED) is 0.796. The van der Waals surface area contributed by atoms with Crippen molar-refractivity contribution in [3.8, 4) is 0 Å². The van der Waals surface area contributed by atoms with E-state index in [0.29, 0.717) is 12.1 Å². The van der Waals surface area contributed by atoms with Gasteiger partial charge in [-0.1, -0.05) is 48.0 Å². The van der Waals surface area contributed by atoms with E-state index in [1.807, 2.05) is 55.5 Å². The van der Waals surface area contributed by atoms with Crippen LogP contribution in [0.1, 0.15) is 21.5 Å². The van der Waals surface area contributed by atoms with Gasteiger partial charge < -0.3 is 5.32 Å². The molecule has 104 valence electrons. The Labute approximate surface area is 123 Å². The number of para-hydroxylation sites is 1. The molecule has 3 heteroatoms. The highest BCUT2D eigenvalue weighted by atomic mass is 16.1. The molecule has 0 radical (unpaired) electrons. The normalized spacial score (nSPS) is 10.5. The summed E-state index contributed by atoms with van der Waals surface area (Å²) in [7, 11) is 0. The van der Waals surface area contributed by atoms with Crippen molar-refractivity contribution >= 4 is 16.8 Å². The van der Waals surface area contributed by atoms with Gasteiger partial charge >= 0.3 is 0 Å². The molecule has 0 fully saturated rings. The smallest absolute Gasteiger partial charge is 0.253 e. The van der Waals surface area contributed by atoms with Gasteiger partial charge in [0.05, 0.1) is 11.1 Å². The average Bonchev–Trinajstić information content (AvgIpc) is 2.53. The maximum atomic E-state index is 12.3. The zero-order valence-corrected chi connectivity index (χ0v) is 11.8. The van der Waals surface area contributed by atoms with Crippen LogP contribution in [0.4, 0.5) is 0 Å². The third-order valence-corrected chi connectivity index (χ3v) is 3.45. The van der Waals surface area contributed by atoms with E-state index in [1.54, 1.807) is 12.3 Å². The summed E-state index contributed by atoms with van der Waals surface area (Å²) in [6.07, 6.45) is 1.71. The van der Waals surface area contributed by atoms with Crippen LogP contribution in [0.5, 0.6) is 0 Å². The van der Waals surface area contributed by atoms with Gasteiger partial charge in [0.2, 0.25) is 0 Å². The van der Waals surface area contributed by atoms with E-state index in [2.05, 4.69) is 10.3 Å². The fraction of sp³-hybridized carbons (Fsp3) is 0.111. The first-order valence-corrected chi connectivity index (χ1v) is 6.91. The summed E-state index contributed by atoms with van der Waals surface area (Å²) in [5.41, 5.74) is 3.65. The molecule has 3 nitrogen and oxygen atoms in total. The molecule has 0 aliphatic rings. The number of nitrogens with one attached hydrogen (secondary N) is 1. The van der Waals surface area contributed by atoms with Gasteiger partial charge in [0.15, 0.2) is 0 Å². The zero-order chi connectivity index (χ0) is 14.7. The van der Waals surface area contributed by atoms with E-state index in [0.717, 1.165) is 16.5 Å². The summed E-state index contributed by atoms with van der Waals surface area (Å²) in [6, 6.07) is 17.6. The number of nitrogens with zero attached hydrogens (tertiary/aromatic N) is 1. The van der Waals surface area contributed by atoms with Gasteiger partial charge in [-0.2, -0.15) is 0 Å². The number of fused-ring (bicyclic) bond motifs is 1. The lowest BCUT2D eigenvalue weighted by Crippen LogP contribution is -2.23. The van der Waals surface area contributed by atoms with Gasteiger partial charge in [-0.05, 0) is 24.6 Å². The second-order valence-electron chi connectivity index (χ2n) is 5.05. The van der Waals surface area contributed by atoms with Gasteiger partial charge in [-0.15, -0.1) is 0 Å². The maximum Gasteiger partial charge on any atom is 0.253 e. The minimum Gasteiger partial charge on any atom is -0.348 e. The molecule has 1 heterocycles. The number of amides is 1. The van der Waals surface area contributed by atoms with Gasteiger partial charge in [0.1, 0.15) is 0 Å². The monoisotopic (exact) mass is 276 g/mol. The lowest BCUT2D eigenvalue weighted by molar-refractivity contribution is 0.0952. The molecule has 0 unspecified atom stereocenters. The number of pyridine rings is 1. The SMILES string of the molecule is Cc1ccc(CNC(=O)c2cccc3cccnc23)cc1. The topological polar surface area (TPSA) is 42.0 Å². The molecule has 1 aromatic heterocycles. The lowest BCUT2D eigenvalue weighted by atomic mass is 10.1. The Morgan fingerprint density at radius 1 is 1.05 bits per heavy atom. The second-order valence-corrected chi connectivity index (χ2v) is 5.05. The minimum absolute atomic E-state index is 0.0973. The molecule has 0 saturated heterocycles. The molecule has 0 atom stereocenters. The highest BCUT2D eigenvalue weighted by molar-refractivity contribution is 6.05. The Kier molecular flexibility index (Phi) is 3.65. The van der Waals surface area contributed by atoms with Crippen LogP contribution in [0.25, 0.3) is 10.9 Å². The van der Waals surface area contributed by atoms with Crippen molar-refractivity contribution in [3.05, 3.63) is 77.5 Å². The highest BCUT2D eigenvalue weighted by Crippen LogP contribution is 2.15. The summed E-state index contributed by atoms with van der Waals surface area (Å²) < 4.78 is 0. The summed E-state index contributed by atoms with van der Waals surface area (Å²) in [5.74, 6) is -0.0973. The molecule has 3 rings (SSSR count). The number of benzene rings is 2. The molecule has 0 spiro atoms. The molecule has 1 amide bonds. The predicted octanol–water partition coefficient (Wildman–Crippen LogP) is 3.47. The first-order chi connectivity index (χ1) is 10.2. The second kappa shape index (κ2) is 5.75. The van der Waals surface area contributed by atoms with Crippen LogP contribution < -0.4 is 5.32 Å². The van der Waals surface area contributed by atoms with Crippen LogP contribution in [-0.2, 0) is 6.54 Å². The van der Waals surface area contributed by atoms with Crippen LogP contribution in [0.15, 0.2) is 60.8 Å². The van der Waals surface area contributed by atoms with Gasteiger partial charge in [-0.25, -0.2) is 0 Å². The first-order valence-electron chi connectivity index (χ1n) is 6.91. The van der Waals surface area contributed by atoms with Crippen molar-refractivity contribution in [1.82, 2.24) is 10.3 Å². The highest BCUT2D eigenvalue weighted by Gasteiger charge is 2.10. The summed E-state index contributed by atoms with van der Waals surface area (Å²) in [5, 5.41) is 3.92. The molecular weight excluding hydrogens is 260 g/mol. The Balaban J connectivity index is 1.79. The Morgan fingerprint density at radius 2 is 1.81 bits per heavy atom. The fourth-order valence-electron chi connectivity index (χ4n) is 2.27. The molecule has 0 aliphatic heterocycles. The number of carbonyl (C=O) groups is 1. The number of hydrogen-bond acceptors (Lipinski definition) is 2. The molecule has 0 aliphatic carbocycles. The van der Waals surface area contributed by atoms with Crippen molar-refractivity contribution in [2.24, 2.45) is 0 Å². The predicted molar refractivity (Wildman–Crippen MR) is 84.1 cm³/mol. The summed E-state index contributed by atoms with van der Waals surface area (Å²) in [6.45, 7) is 2.56. The average molecular weight is 276 g/mol. The van der Waals surface area contributed by atoms with Crippen molar-refractivity contribution in [2.45, 2.75) is 13.5 Å². The standard InChI is InChI=1S/C18H16N2O/c1-13-7-9-14(10-8-13)12-20-18(21)16-6-2-4-15-5-3-11-19-17(15)16/h2-11H,12H2,1H3,(H,20,21). The zero-order valence-electron chi connectivity index (χ0n) is 11.8. The van der Waals surface area contributed by atoms with Crippen molar-refractivity contribution in [1.29, 1.82) is 0 Å². The summed E-state index contributed by atoms with van der Waals surface area (Å²) >= 11 is 0. The molecule has 1 N–H and O–H groups in total. The van der Waals surface area contributed by atoms with E-state index in [4.69, 9.17) is 0 Å². The number of aromatic nitrogens is 1. The van der Waals surface area contributed by atoms with Gasteiger partial charge in [-0.3, -0.25) is 9.78 Å². The van der Waals surface area contributed by atoms with Crippen LogP contribution >= 0.6 is 0 Å². The fourth-order valence-corrected chi connectivity index (χ4v) is 2.27. The van der Waals surface area contributed by atoms with Gasteiger partial charge in [0, 0.05) is 18.1 Å². The van der Waals surface area contributed by atoms with Crippen LogP contribution in [0.3, 0.4) is 0 Å². The van der Waals surface area contributed by atoms with Crippen LogP contribution in [-0.4, -0.2) is 10.9 Å². The van der Waals surface area contributed by atoms with E-state index in [-0.39, 0.29) is 5.91 Å². The largest absolute Gasteiger partial charge is 0.348 e. The Morgan fingerprint density at radius 3 is 2.62 bits per heavy atom. The van der Waals surface area contributed by atoms with Crippen LogP contribution in [0.2, 0.25) is 0 Å². The lowest BCUT2D eigenvalue weighted by Gasteiger charge is -2.08. The number of hydrogen-bond donors (Lipinski definition) is 1. The minimum atomic E-state index is -0.0973.